The van der Waals surface area contributed by atoms with Gasteiger partial charge in [0.25, 0.3) is 5.91 Å². The summed E-state index contributed by atoms with van der Waals surface area (Å²) >= 11 is 0. The van der Waals surface area contributed by atoms with E-state index < -0.39 is 5.97 Å². The predicted molar refractivity (Wildman–Crippen MR) is 99.9 cm³/mol. The number of phenols is 1. The van der Waals surface area contributed by atoms with E-state index in [0.29, 0.717) is 30.4 Å². The van der Waals surface area contributed by atoms with Gasteiger partial charge in [-0.1, -0.05) is 18.6 Å². The lowest BCUT2D eigenvalue weighted by atomic mass is 9.86. The van der Waals surface area contributed by atoms with Gasteiger partial charge in [0.1, 0.15) is 11.5 Å². The molecule has 0 unspecified atom stereocenters. The highest BCUT2D eigenvalue weighted by Gasteiger charge is 2.19. The normalized spacial score (nSPS) is 13.5. The second kappa shape index (κ2) is 8.58. The quantitative estimate of drug-likeness (QED) is 0.732. The molecule has 0 bridgehead atoms. The number of esters is 1. The maximum absolute atomic E-state index is 12.5. The Balaban J connectivity index is 1.71. The van der Waals surface area contributed by atoms with Crippen molar-refractivity contribution in [3.8, 4) is 11.5 Å². The van der Waals surface area contributed by atoms with Gasteiger partial charge in [-0.25, -0.2) is 4.79 Å². The second-order valence-corrected chi connectivity index (χ2v) is 6.69. The lowest BCUT2D eigenvalue weighted by Crippen LogP contribution is -2.23. The first-order valence-corrected chi connectivity index (χ1v) is 8.97. The van der Waals surface area contributed by atoms with Crippen LogP contribution in [0.4, 0.5) is 0 Å². The zero-order valence-corrected chi connectivity index (χ0v) is 15.2. The third-order valence-electron chi connectivity index (χ3n) is 4.69. The zero-order valence-electron chi connectivity index (χ0n) is 15.2. The van der Waals surface area contributed by atoms with Gasteiger partial charge >= 0.3 is 5.97 Å². The van der Waals surface area contributed by atoms with E-state index in [9.17, 15) is 14.7 Å². The van der Waals surface area contributed by atoms with Crippen molar-refractivity contribution in [2.24, 2.45) is 5.92 Å². The summed E-state index contributed by atoms with van der Waals surface area (Å²) in [6, 6.07) is 11.3. The minimum atomic E-state index is -0.517. The van der Waals surface area contributed by atoms with Gasteiger partial charge in [-0.3, -0.25) is 4.79 Å². The molecule has 0 radical (unpaired) electrons. The van der Waals surface area contributed by atoms with Gasteiger partial charge in [0, 0.05) is 12.1 Å². The number of rotatable bonds is 7. The number of aromatic hydroxyl groups is 1. The van der Waals surface area contributed by atoms with Crippen LogP contribution >= 0.6 is 0 Å². The molecular formula is C21H23NO5. The predicted octanol–water partition coefficient (Wildman–Crippen LogP) is 3.29. The first-order chi connectivity index (χ1) is 13.0. The average molecular weight is 369 g/mol. The van der Waals surface area contributed by atoms with Gasteiger partial charge in [-0.15, -0.1) is 0 Å². The van der Waals surface area contributed by atoms with Gasteiger partial charge in [-0.2, -0.15) is 0 Å². The molecule has 142 valence electrons. The average Bonchev–Trinajstić information content (AvgIpc) is 2.65. The number of methoxy groups -OCH3 is 1. The molecule has 1 saturated carbocycles. The van der Waals surface area contributed by atoms with E-state index in [1.54, 1.807) is 36.4 Å². The first kappa shape index (κ1) is 18.8. The van der Waals surface area contributed by atoms with Crippen LogP contribution in [-0.4, -0.2) is 30.7 Å². The first-order valence-electron chi connectivity index (χ1n) is 8.97. The smallest absolute Gasteiger partial charge is 0.338 e. The third kappa shape index (κ3) is 5.00. The molecule has 3 rings (SSSR count). The fraction of sp³-hybridized carbons (Fsp3) is 0.333. The maximum atomic E-state index is 12.5. The Morgan fingerprint density at radius 3 is 2.44 bits per heavy atom. The largest absolute Gasteiger partial charge is 0.508 e. The molecule has 2 aromatic rings. The number of hydrogen-bond acceptors (Lipinski definition) is 5. The SMILES string of the molecule is COC(=O)c1cc(OCC2CCC2)cc(C(=O)NCc2ccc(O)cc2)c1. The molecule has 0 spiro atoms. The van der Waals surface area contributed by atoms with Crippen LogP contribution in [0.1, 0.15) is 45.5 Å². The van der Waals surface area contributed by atoms with E-state index in [2.05, 4.69) is 5.32 Å². The number of nitrogens with one attached hydrogen (secondary N) is 1. The molecular weight excluding hydrogens is 346 g/mol. The summed E-state index contributed by atoms with van der Waals surface area (Å²) in [5.74, 6) is 0.362. The molecule has 2 N–H and O–H groups in total. The Bertz CT molecular complexity index is 812. The van der Waals surface area contributed by atoms with Crippen molar-refractivity contribution in [3.05, 3.63) is 59.2 Å². The summed E-state index contributed by atoms with van der Waals surface area (Å²) in [6.07, 6.45) is 3.52. The van der Waals surface area contributed by atoms with Crippen molar-refractivity contribution in [1.82, 2.24) is 5.32 Å². The van der Waals surface area contributed by atoms with Gasteiger partial charge in [0.2, 0.25) is 0 Å². The van der Waals surface area contributed by atoms with Crippen LogP contribution < -0.4 is 10.1 Å². The van der Waals surface area contributed by atoms with E-state index in [4.69, 9.17) is 9.47 Å². The highest BCUT2D eigenvalue weighted by Crippen LogP contribution is 2.28. The molecule has 0 heterocycles. The fourth-order valence-electron chi connectivity index (χ4n) is 2.82. The Kier molecular flexibility index (Phi) is 5.96. The van der Waals surface area contributed by atoms with Crippen molar-refractivity contribution >= 4 is 11.9 Å². The molecule has 6 nitrogen and oxygen atoms in total. The summed E-state index contributed by atoms with van der Waals surface area (Å²) in [5.41, 5.74) is 1.46. The minimum Gasteiger partial charge on any atom is -0.508 e. The summed E-state index contributed by atoms with van der Waals surface area (Å²) in [7, 11) is 1.30. The summed E-state index contributed by atoms with van der Waals surface area (Å²) in [6.45, 7) is 0.888. The van der Waals surface area contributed by atoms with Crippen molar-refractivity contribution in [2.45, 2.75) is 25.8 Å². The van der Waals surface area contributed by atoms with Crippen LogP contribution in [-0.2, 0) is 11.3 Å². The number of carbonyl (C=O) groups excluding carboxylic acids is 2. The number of ether oxygens (including phenoxy) is 2. The Morgan fingerprint density at radius 2 is 1.81 bits per heavy atom. The summed E-state index contributed by atoms with van der Waals surface area (Å²) in [5, 5.41) is 12.1. The Hall–Kier alpha value is -3.02. The van der Waals surface area contributed by atoms with Crippen molar-refractivity contribution in [1.29, 1.82) is 0 Å². The van der Waals surface area contributed by atoms with Gasteiger partial charge in [0.05, 0.1) is 19.3 Å². The van der Waals surface area contributed by atoms with Crippen LogP contribution in [0, 0.1) is 5.92 Å². The highest BCUT2D eigenvalue weighted by atomic mass is 16.5. The number of hydrogen-bond donors (Lipinski definition) is 2. The van der Waals surface area contributed by atoms with Gasteiger partial charge in [0.15, 0.2) is 0 Å². The molecule has 0 saturated heterocycles. The lowest BCUT2D eigenvalue weighted by molar-refractivity contribution is 0.0600. The third-order valence-corrected chi connectivity index (χ3v) is 4.69. The van der Waals surface area contributed by atoms with Crippen molar-refractivity contribution < 1.29 is 24.2 Å². The number of carbonyl (C=O) groups is 2. The van der Waals surface area contributed by atoms with Crippen LogP contribution in [0.3, 0.4) is 0 Å². The lowest BCUT2D eigenvalue weighted by Gasteiger charge is -2.25. The molecule has 1 fully saturated rings. The molecule has 0 aromatic heterocycles. The maximum Gasteiger partial charge on any atom is 0.338 e. The van der Waals surface area contributed by atoms with Crippen LogP contribution in [0.15, 0.2) is 42.5 Å². The zero-order chi connectivity index (χ0) is 19.2. The molecule has 1 amide bonds. The molecule has 27 heavy (non-hydrogen) atoms. The monoisotopic (exact) mass is 369 g/mol. The number of benzene rings is 2. The second-order valence-electron chi connectivity index (χ2n) is 6.69. The number of phenolic OH excluding ortho intramolecular Hbond substituents is 1. The van der Waals surface area contributed by atoms with E-state index >= 15 is 0 Å². The van der Waals surface area contributed by atoms with Crippen LogP contribution in [0.25, 0.3) is 0 Å². The molecule has 0 atom stereocenters. The summed E-state index contributed by atoms with van der Waals surface area (Å²) < 4.78 is 10.6. The van der Waals surface area contributed by atoms with Crippen LogP contribution in [0.2, 0.25) is 0 Å². The minimum absolute atomic E-state index is 0.170. The standard InChI is InChI=1S/C21H23NO5/c1-26-21(25)17-9-16(10-19(11-17)27-13-15-3-2-4-15)20(24)22-12-14-5-7-18(23)8-6-14/h5-11,15,23H,2-4,12-13H2,1H3,(H,22,24). The molecule has 1 aliphatic carbocycles. The van der Waals surface area contributed by atoms with Crippen molar-refractivity contribution in [2.75, 3.05) is 13.7 Å². The van der Waals surface area contributed by atoms with Gasteiger partial charge < -0.3 is 19.9 Å². The van der Waals surface area contributed by atoms with E-state index in [0.717, 1.165) is 18.4 Å². The van der Waals surface area contributed by atoms with E-state index in [-0.39, 0.29) is 17.2 Å². The summed E-state index contributed by atoms with van der Waals surface area (Å²) in [4.78, 5) is 24.5. The van der Waals surface area contributed by atoms with Crippen LogP contribution in [0.5, 0.6) is 11.5 Å². The van der Waals surface area contributed by atoms with E-state index in [1.807, 2.05) is 0 Å². The Morgan fingerprint density at radius 1 is 1.11 bits per heavy atom. The molecule has 1 aliphatic rings. The molecule has 2 aromatic carbocycles. The van der Waals surface area contributed by atoms with Crippen molar-refractivity contribution in [3.63, 3.8) is 0 Å². The fourth-order valence-corrected chi connectivity index (χ4v) is 2.82. The Labute approximate surface area is 158 Å². The van der Waals surface area contributed by atoms with Gasteiger partial charge in [-0.05, 0) is 54.7 Å². The highest BCUT2D eigenvalue weighted by molar-refractivity contribution is 5.98. The van der Waals surface area contributed by atoms with E-state index in [1.165, 1.54) is 19.6 Å². The topological polar surface area (TPSA) is 84.9 Å². The number of amides is 1. The molecule has 0 aliphatic heterocycles. The molecule has 6 heteroatoms.